The number of carbonyl (C=O) groups is 2. The number of para-hydroxylation sites is 1. The molecule has 0 fully saturated rings. The maximum atomic E-state index is 13.4. The summed E-state index contributed by atoms with van der Waals surface area (Å²) in [7, 11) is 0. The molecule has 6 nitrogen and oxygen atoms in total. The zero-order chi connectivity index (χ0) is 27.5. The molecular formula is C31H23BrClN3O3. The smallest absolute Gasteiger partial charge is 0.343 e. The van der Waals surface area contributed by atoms with Crippen LogP contribution in [0.3, 0.4) is 0 Å². The van der Waals surface area contributed by atoms with Crippen LogP contribution in [0.5, 0.6) is 5.75 Å². The van der Waals surface area contributed by atoms with Crippen LogP contribution in [0.15, 0.2) is 94.5 Å². The van der Waals surface area contributed by atoms with Gasteiger partial charge in [-0.15, -0.1) is 0 Å². The van der Waals surface area contributed by atoms with E-state index in [4.69, 9.17) is 16.3 Å². The van der Waals surface area contributed by atoms with Crippen molar-refractivity contribution in [1.82, 2.24) is 10.4 Å². The summed E-state index contributed by atoms with van der Waals surface area (Å²) < 4.78 is 6.40. The van der Waals surface area contributed by atoms with Gasteiger partial charge in [0.05, 0.1) is 11.8 Å². The van der Waals surface area contributed by atoms with Gasteiger partial charge in [0.1, 0.15) is 11.4 Å². The van der Waals surface area contributed by atoms with E-state index in [1.165, 1.54) is 6.21 Å². The Morgan fingerprint density at radius 2 is 1.77 bits per heavy atom. The van der Waals surface area contributed by atoms with Gasteiger partial charge < -0.3 is 9.72 Å². The summed E-state index contributed by atoms with van der Waals surface area (Å²) in [6.45, 7) is 3.88. The summed E-state index contributed by atoms with van der Waals surface area (Å²) in [4.78, 5) is 29.3. The van der Waals surface area contributed by atoms with Crippen molar-refractivity contribution < 1.29 is 14.3 Å². The zero-order valence-electron chi connectivity index (χ0n) is 21.1. The number of hydrogen-bond acceptors (Lipinski definition) is 4. The van der Waals surface area contributed by atoms with Crippen molar-refractivity contribution in [3.05, 3.63) is 122 Å². The van der Waals surface area contributed by atoms with Crippen LogP contribution >= 0.6 is 27.5 Å². The molecule has 8 heteroatoms. The number of aromatic amines is 1. The van der Waals surface area contributed by atoms with E-state index >= 15 is 0 Å². The lowest BCUT2D eigenvalue weighted by Gasteiger charge is -2.09. The molecule has 2 N–H and O–H groups in total. The van der Waals surface area contributed by atoms with E-state index < -0.39 is 11.9 Å². The summed E-state index contributed by atoms with van der Waals surface area (Å²) in [6, 6.07) is 25.6. The van der Waals surface area contributed by atoms with E-state index in [2.05, 4.69) is 31.4 Å². The molecule has 0 saturated heterocycles. The summed E-state index contributed by atoms with van der Waals surface area (Å²) >= 11 is 9.96. The standard InChI is InChI=1S/C31H23BrClN3O3/c1-18-7-5-9-20(15-18)31(38)39-26-14-13-22(32)16-21(26)17-34-36-30(37)29-27(23-10-3-4-12-25(23)33)24-11-6-8-19(2)28(24)35-29/h3-17,35H,1-2H3,(H,36,37). The van der Waals surface area contributed by atoms with Gasteiger partial charge in [-0.05, 0) is 55.8 Å². The number of fused-ring (bicyclic) bond motifs is 1. The molecule has 1 heterocycles. The number of hydrogen-bond donors (Lipinski definition) is 2. The second-order valence-electron chi connectivity index (χ2n) is 8.99. The molecule has 194 valence electrons. The number of aromatic nitrogens is 1. The molecule has 5 aromatic rings. The molecule has 5 rings (SSSR count). The third-order valence-corrected chi connectivity index (χ3v) is 7.03. The Labute approximate surface area is 238 Å². The lowest BCUT2D eigenvalue weighted by atomic mass is 10.0. The highest BCUT2D eigenvalue weighted by Crippen LogP contribution is 2.37. The first-order chi connectivity index (χ1) is 18.8. The maximum Gasteiger partial charge on any atom is 0.343 e. The van der Waals surface area contributed by atoms with Gasteiger partial charge in [0.25, 0.3) is 5.91 Å². The molecule has 4 aromatic carbocycles. The van der Waals surface area contributed by atoms with Crippen LogP contribution in [0, 0.1) is 13.8 Å². The van der Waals surface area contributed by atoms with Crippen molar-refractivity contribution in [2.45, 2.75) is 13.8 Å². The predicted molar refractivity (Wildman–Crippen MR) is 159 cm³/mol. The minimum Gasteiger partial charge on any atom is -0.422 e. The minimum atomic E-state index is -0.488. The van der Waals surface area contributed by atoms with Crippen molar-refractivity contribution in [3.63, 3.8) is 0 Å². The van der Waals surface area contributed by atoms with E-state index in [0.717, 1.165) is 32.1 Å². The minimum absolute atomic E-state index is 0.306. The number of nitrogens with zero attached hydrogens (tertiary/aromatic N) is 1. The molecule has 0 radical (unpaired) electrons. The first-order valence-electron chi connectivity index (χ1n) is 12.1. The van der Waals surface area contributed by atoms with E-state index in [9.17, 15) is 9.59 Å². The fraction of sp³-hybridized carbons (Fsp3) is 0.0645. The van der Waals surface area contributed by atoms with E-state index in [1.54, 1.807) is 42.5 Å². The zero-order valence-corrected chi connectivity index (χ0v) is 23.4. The summed E-state index contributed by atoms with van der Waals surface area (Å²) in [5.41, 5.74) is 8.11. The lowest BCUT2D eigenvalue weighted by Crippen LogP contribution is -2.19. The Hall–Kier alpha value is -4.20. The number of esters is 1. The molecule has 0 aliphatic rings. The Balaban J connectivity index is 1.44. The van der Waals surface area contributed by atoms with Crippen molar-refractivity contribution in [2.75, 3.05) is 0 Å². The van der Waals surface area contributed by atoms with Gasteiger partial charge in [0.2, 0.25) is 0 Å². The van der Waals surface area contributed by atoms with Crippen LogP contribution in [0.25, 0.3) is 22.0 Å². The third-order valence-electron chi connectivity index (χ3n) is 6.21. The number of benzene rings is 4. The van der Waals surface area contributed by atoms with Crippen LogP contribution < -0.4 is 10.2 Å². The van der Waals surface area contributed by atoms with Crippen LogP contribution in [-0.4, -0.2) is 23.1 Å². The summed E-state index contributed by atoms with van der Waals surface area (Å²) in [6.07, 6.45) is 1.44. The van der Waals surface area contributed by atoms with Crippen LogP contribution in [0.1, 0.15) is 37.5 Å². The number of H-pyrrole nitrogens is 1. The van der Waals surface area contributed by atoms with Gasteiger partial charge in [-0.3, -0.25) is 4.79 Å². The van der Waals surface area contributed by atoms with Gasteiger partial charge in [-0.25, -0.2) is 10.2 Å². The van der Waals surface area contributed by atoms with Crippen molar-refractivity contribution >= 4 is 56.5 Å². The van der Waals surface area contributed by atoms with Crippen LogP contribution in [0.4, 0.5) is 0 Å². The molecule has 0 saturated carbocycles. The largest absolute Gasteiger partial charge is 0.422 e. The van der Waals surface area contributed by atoms with E-state index in [1.807, 2.05) is 56.3 Å². The molecule has 0 bridgehead atoms. The number of nitrogens with one attached hydrogen (secondary N) is 2. The first-order valence-corrected chi connectivity index (χ1v) is 13.3. The molecule has 1 amide bonds. The van der Waals surface area contributed by atoms with Crippen molar-refractivity contribution in [2.24, 2.45) is 5.10 Å². The monoisotopic (exact) mass is 599 g/mol. The average Bonchev–Trinajstić information content (AvgIpc) is 3.31. The van der Waals surface area contributed by atoms with Crippen molar-refractivity contribution in [3.8, 4) is 16.9 Å². The predicted octanol–water partition coefficient (Wildman–Crippen LogP) is 7.85. The molecule has 0 aliphatic carbocycles. The third kappa shape index (κ3) is 5.65. The quantitative estimate of drug-likeness (QED) is 0.0901. The molecule has 1 aromatic heterocycles. The van der Waals surface area contributed by atoms with E-state index in [-0.39, 0.29) is 0 Å². The Bertz CT molecular complexity index is 1760. The van der Waals surface area contributed by atoms with Gasteiger partial charge in [-0.2, -0.15) is 5.10 Å². The summed E-state index contributed by atoms with van der Waals surface area (Å²) in [5.74, 6) is -0.622. The molecular weight excluding hydrogens is 578 g/mol. The fourth-order valence-corrected chi connectivity index (χ4v) is 4.95. The molecule has 39 heavy (non-hydrogen) atoms. The highest BCUT2D eigenvalue weighted by atomic mass is 79.9. The second kappa shape index (κ2) is 11.3. The van der Waals surface area contributed by atoms with Crippen molar-refractivity contribution in [1.29, 1.82) is 0 Å². The molecule has 0 spiro atoms. The topological polar surface area (TPSA) is 83.5 Å². The van der Waals surface area contributed by atoms with Crippen LogP contribution in [0.2, 0.25) is 5.02 Å². The van der Waals surface area contributed by atoms with Crippen LogP contribution in [-0.2, 0) is 0 Å². The Morgan fingerprint density at radius 1 is 0.974 bits per heavy atom. The Morgan fingerprint density at radius 3 is 2.56 bits per heavy atom. The lowest BCUT2D eigenvalue weighted by molar-refractivity contribution is 0.0734. The van der Waals surface area contributed by atoms with Gasteiger partial charge >= 0.3 is 5.97 Å². The number of ether oxygens (including phenoxy) is 1. The number of hydrazone groups is 1. The number of halogens is 2. The number of aryl methyl sites for hydroxylation is 2. The highest BCUT2D eigenvalue weighted by Gasteiger charge is 2.21. The first kappa shape index (κ1) is 26.4. The summed E-state index contributed by atoms with van der Waals surface area (Å²) in [5, 5.41) is 5.59. The molecule has 0 unspecified atom stereocenters. The Kier molecular flexibility index (Phi) is 7.63. The number of amides is 1. The van der Waals surface area contributed by atoms with Gasteiger partial charge in [0.15, 0.2) is 0 Å². The molecule has 0 aliphatic heterocycles. The second-order valence-corrected chi connectivity index (χ2v) is 10.3. The van der Waals surface area contributed by atoms with Gasteiger partial charge in [-0.1, -0.05) is 81.6 Å². The normalized spacial score (nSPS) is 11.2. The average molecular weight is 601 g/mol. The molecule has 0 atom stereocenters. The number of rotatable bonds is 6. The number of carbonyl (C=O) groups excluding carboxylic acids is 2. The van der Waals surface area contributed by atoms with Gasteiger partial charge in [0, 0.05) is 37.1 Å². The maximum absolute atomic E-state index is 13.4. The SMILES string of the molecule is Cc1cccc(C(=O)Oc2ccc(Br)cc2C=NNC(=O)c2[nH]c3c(C)cccc3c2-c2ccccc2Cl)c1. The fourth-order valence-electron chi connectivity index (χ4n) is 4.34. The van der Waals surface area contributed by atoms with E-state index in [0.29, 0.717) is 33.2 Å². The highest BCUT2D eigenvalue weighted by molar-refractivity contribution is 9.10.